The van der Waals surface area contributed by atoms with Crippen LogP contribution in [0, 0.1) is 0 Å². The minimum Gasteiger partial charge on any atom is -0.493 e. The van der Waals surface area contributed by atoms with Crippen LogP contribution in [-0.4, -0.2) is 22.5 Å². The Bertz CT molecular complexity index is 1270. The Kier molecular flexibility index (Phi) is 4.37. The zero-order chi connectivity index (χ0) is 19.0. The van der Waals surface area contributed by atoms with Crippen LogP contribution in [0.4, 0.5) is 0 Å². The van der Waals surface area contributed by atoms with Crippen molar-refractivity contribution in [3.05, 3.63) is 62.9 Å². The normalized spacial score (nSPS) is 12.0. The van der Waals surface area contributed by atoms with Gasteiger partial charge in [-0.05, 0) is 35.9 Å². The monoisotopic (exact) mass is 380 g/mol. The number of aromatic nitrogens is 2. The fourth-order valence-corrected chi connectivity index (χ4v) is 3.80. The van der Waals surface area contributed by atoms with Crippen molar-refractivity contribution in [3.63, 3.8) is 0 Å². The number of rotatable bonds is 4. The highest BCUT2D eigenvalue weighted by Gasteiger charge is 2.12. The standard InChI is InChI=1S/C20H16N2O4S/c1-3-18(23)26-15-9-8-12(10-16(15)25-2)11-17-19(24)22-14-7-5-4-6-13(14)21-20(22)27-17/h4-11H,3H2,1-2H3. The first kappa shape index (κ1) is 17.2. The average molecular weight is 380 g/mol. The minimum atomic E-state index is -0.335. The summed E-state index contributed by atoms with van der Waals surface area (Å²) in [6.45, 7) is 1.73. The third kappa shape index (κ3) is 3.06. The highest BCUT2D eigenvalue weighted by molar-refractivity contribution is 7.15. The molecule has 0 atom stereocenters. The van der Waals surface area contributed by atoms with Gasteiger partial charge in [0.05, 0.1) is 22.7 Å². The molecule has 0 aliphatic heterocycles. The maximum absolute atomic E-state index is 12.8. The van der Waals surface area contributed by atoms with Crippen LogP contribution in [0.1, 0.15) is 18.9 Å². The number of hydrogen-bond acceptors (Lipinski definition) is 6. The van der Waals surface area contributed by atoms with E-state index in [2.05, 4.69) is 4.98 Å². The average Bonchev–Trinajstić information content (AvgIpc) is 3.19. The van der Waals surface area contributed by atoms with Gasteiger partial charge in [-0.1, -0.05) is 36.5 Å². The maximum Gasteiger partial charge on any atom is 0.311 e. The van der Waals surface area contributed by atoms with Crippen LogP contribution in [0.3, 0.4) is 0 Å². The van der Waals surface area contributed by atoms with Gasteiger partial charge >= 0.3 is 5.97 Å². The molecule has 136 valence electrons. The van der Waals surface area contributed by atoms with Crippen molar-refractivity contribution in [2.75, 3.05) is 7.11 Å². The van der Waals surface area contributed by atoms with Gasteiger partial charge < -0.3 is 9.47 Å². The van der Waals surface area contributed by atoms with Crippen molar-refractivity contribution in [2.24, 2.45) is 0 Å². The zero-order valence-electron chi connectivity index (χ0n) is 14.8. The molecule has 0 fully saturated rings. The number of methoxy groups -OCH3 is 1. The van der Waals surface area contributed by atoms with E-state index in [1.54, 1.807) is 35.6 Å². The topological polar surface area (TPSA) is 69.9 Å². The number of benzene rings is 2. The number of fused-ring (bicyclic) bond motifs is 3. The predicted molar refractivity (Wildman–Crippen MR) is 105 cm³/mol. The van der Waals surface area contributed by atoms with Crippen LogP contribution in [0.25, 0.3) is 22.1 Å². The number of thiazole rings is 1. The Morgan fingerprint density at radius 2 is 2.04 bits per heavy atom. The zero-order valence-corrected chi connectivity index (χ0v) is 15.6. The number of nitrogens with zero attached hydrogens (tertiary/aromatic N) is 2. The molecular formula is C20H16N2O4S. The van der Waals surface area contributed by atoms with Gasteiger partial charge in [0.25, 0.3) is 5.56 Å². The second-order valence-corrected chi connectivity index (χ2v) is 6.88. The molecule has 0 bridgehead atoms. The molecule has 2 aromatic heterocycles. The number of ether oxygens (including phenoxy) is 2. The fraction of sp³-hybridized carbons (Fsp3) is 0.150. The largest absolute Gasteiger partial charge is 0.493 e. The van der Waals surface area contributed by atoms with Crippen molar-refractivity contribution in [1.82, 2.24) is 9.38 Å². The van der Waals surface area contributed by atoms with Crippen molar-refractivity contribution in [2.45, 2.75) is 13.3 Å². The molecule has 0 radical (unpaired) electrons. The summed E-state index contributed by atoms with van der Waals surface area (Å²) in [4.78, 5) is 29.5. The van der Waals surface area contributed by atoms with Gasteiger partial charge in [0, 0.05) is 6.42 Å². The molecule has 0 saturated carbocycles. The van der Waals surface area contributed by atoms with E-state index in [9.17, 15) is 9.59 Å². The number of para-hydroxylation sites is 2. The summed E-state index contributed by atoms with van der Waals surface area (Å²) in [7, 11) is 1.51. The number of hydrogen-bond donors (Lipinski definition) is 0. The molecule has 4 aromatic rings. The van der Waals surface area contributed by atoms with E-state index in [4.69, 9.17) is 9.47 Å². The van der Waals surface area contributed by atoms with Crippen LogP contribution in [0.2, 0.25) is 0 Å². The van der Waals surface area contributed by atoms with E-state index in [0.29, 0.717) is 21.0 Å². The van der Waals surface area contributed by atoms with Gasteiger partial charge in [0.1, 0.15) is 0 Å². The summed E-state index contributed by atoms with van der Waals surface area (Å²) in [6.07, 6.45) is 2.06. The molecular weight excluding hydrogens is 364 g/mol. The first-order valence-electron chi connectivity index (χ1n) is 8.41. The van der Waals surface area contributed by atoms with E-state index in [0.717, 1.165) is 16.6 Å². The lowest BCUT2D eigenvalue weighted by molar-refractivity contribution is -0.134. The van der Waals surface area contributed by atoms with Crippen molar-refractivity contribution in [1.29, 1.82) is 0 Å². The van der Waals surface area contributed by atoms with Crippen molar-refractivity contribution < 1.29 is 14.3 Å². The van der Waals surface area contributed by atoms with Gasteiger partial charge in [-0.3, -0.25) is 9.59 Å². The molecule has 6 nitrogen and oxygen atoms in total. The summed E-state index contributed by atoms with van der Waals surface area (Å²) in [5.74, 6) is 0.457. The maximum atomic E-state index is 12.8. The molecule has 0 aliphatic rings. The summed E-state index contributed by atoms with van der Waals surface area (Å²) < 4.78 is 12.8. The Morgan fingerprint density at radius 1 is 1.22 bits per heavy atom. The van der Waals surface area contributed by atoms with Gasteiger partial charge in [-0.25, -0.2) is 9.38 Å². The van der Waals surface area contributed by atoms with E-state index < -0.39 is 0 Å². The Morgan fingerprint density at radius 3 is 2.81 bits per heavy atom. The first-order valence-corrected chi connectivity index (χ1v) is 9.23. The molecule has 2 aromatic carbocycles. The molecule has 27 heavy (non-hydrogen) atoms. The van der Waals surface area contributed by atoms with Crippen molar-refractivity contribution in [3.8, 4) is 11.5 Å². The van der Waals surface area contributed by atoms with Crippen LogP contribution < -0.4 is 19.6 Å². The van der Waals surface area contributed by atoms with Crippen LogP contribution in [-0.2, 0) is 4.79 Å². The number of imidazole rings is 1. The molecule has 0 spiro atoms. The van der Waals surface area contributed by atoms with Gasteiger partial charge in [0.15, 0.2) is 16.5 Å². The predicted octanol–water partition coefficient (Wildman–Crippen LogP) is 2.78. The quantitative estimate of drug-likeness (QED) is 0.402. The van der Waals surface area contributed by atoms with Gasteiger partial charge in [0.2, 0.25) is 0 Å². The lowest BCUT2D eigenvalue weighted by Gasteiger charge is -2.09. The third-order valence-electron chi connectivity index (χ3n) is 4.14. The summed E-state index contributed by atoms with van der Waals surface area (Å²) in [5.41, 5.74) is 2.27. The molecule has 4 rings (SSSR count). The number of esters is 1. The Hall–Kier alpha value is -3.19. The number of carbonyl (C=O) groups excluding carboxylic acids is 1. The smallest absolute Gasteiger partial charge is 0.311 e. The molecule has 2 heterocycles. The van der Waals surface area contributed by atoms with Gasteiger partial charge in [-0.2, -0.15) is 0 Å². The third-order valence-corrected chi connectivity index (χ3v) is 5.11. The second kappa shape index (κ2) is 6.85. The van der Waals surface area contributed by atoms with Crippen LogP contribution in [0.5, 0.6) is 11.5 Å². The van der Waals surface area contributed by atoms with Crippen LogP contribution >= 0.6 is 11.3 Å². The summed E-state index contributed by atoms with van der Waals surface area (Å²) >= 11 is 1.33. The molecule has 0 unspecified atom stereocenters. The fourth-order valence-electron chi connectivity index (χ4n) is 2.82. The molecule has 7 heteroatoms. The minimum absolute atomic E-state index is 0.107. The molecule has 0 N–H and O–H groups in total. The van der Waals surface area contributed by atoms with E-state index in [-0.39, 0.29) is 17.9 Å². The Balaban J connectivity index is 1.80. The SMILES string of the molecule is CCC(=O)Oc1ccc(C=c2sc3nc4ccccc4n3c2=O)cc1OC. The van der Waals surface area contributed by atoms with E-state index >= 15 is 0 Å². The summed E-state index contributed by atoms with van der Waals surface area (Å²) in [6, 6.07) is 12.7. The number of carbonyl (C=O) groups is 1. The highest BCUT2D eigenvalue weighted by atomic mass is 32.1. The van der Waals surface area contributed by atoms with E-state index in [1.165, 1.54) is 18.4 Å². The van der Waals surface area contributed by atoms with Crippen molar-refractivity contribution >= 4 is 39.4 Å². The first-order chi connectivity index (χ1) is 13.1. The van der Waals surface area contributed by atoms with Crippen LogP contribution in [0.15, 0.2) is 47.3 Å². The molecule has 0 amide bonds. The lowest BCUT2D eigenvalue weighted by Crippen LogP contribution is -2.22. The lowest BCUT2D eigenvalue weighted by atomic mass is 10.2. The molecule has 0 saturated heterocycles. The second-order valence-electron chi connectivity index (χ2n) is 5.87. The Labute approximate surface area is 158 Å². The van der Waals surface area contributed by atoms with E-state index in [1.807, 2.05) is 24.3 Å². The molecule has 0 aliphatic carbocycles. The summed E-state index contributed by atoms with van der Waals surface area (Å²) in [5, 5.41) is 0. The highest BCUT2D eigenvalue weighted by Crippen LogP contribution is 2.28. The van der Waals surface area contributed by atoms with Gasteiger partial charge in [-0.15, -0.1) is 0 Å².